The number of aromatic nitrogens is 1. The van der Waals surface area contributed by atoms with Gasteiger partial charge in [-0.15, -0.1) is 11.3 Å². The first-order chi connectivity index (χ1) is 16.8. The Balaban J connectivity index is 1.48. The summed E-state index contributed by atoms with van der Waals surface area (Å²) in [6.07, 6.45) is 3.39. The van der Waals surface area contributed by atoms with Gasteiger partial charge in [0.25, 0.3) is 0 Å². The number of aliphatic hydroxyl groups is 1. The lowest BCUT2D eigenvalue weighted by Gasteiger charge is -2.28. The first-order valence-corrected chi connectivity index (χ1v) is 13.4. The molecule has 9 heteroatoms. The van der Waals surface area contributed by atoms with Crippen molar-refractivity contribution in [1.82, 2.24) is 20.5 Å². The minimum absolute atomic E-state index is 0.0828. The van der Waals surface area contributed by atoms with E-state index in [2.05, 4.69) is 15.6 Å². The number of nitrogens with one attached hydrogen (secondary N) is 2. The molecule has 2 saturated heterocycles. The highest BCUT2D eigenvalue weighted by Gasteiger charge is 2.40. The maximum absolute atomic E-state index is 13.2. The number of ether oxygens (including phenoxy) is 1. The van der Waals surface area contributed by atoms with Crippen LogP contribution in [-0.4, -0.2) is 64.7 Å². The van der Waals surface area contributed by atoms with E-state index in [-0.39, 0.29) is 49.3 Å². The molecule has 0 aliphatic carbocycles. The Morgan fingerprint density at radius 1 is 1.29 bits per heavy atom. The fraction of sp³-hybridized carbons (Fsp3) is 0.577. The molecule has 3 atom stereocenters. The highest BCUT2D eigenvalue weighted by Crippen LogP contribution is 2.31. The highest BCUT2D eigenvalue weighted by atomic mass is 32.1. The summed E-state index contributed by atoms with van der Waals surface area (Å²) in [7, 11) is 0. The molecule has 2 aliphatic heterocycles. The number of amides is 2. The first-order valence-electron chi connectivity index (χ1n) is 12.5. The van der Waals surface area contributed by atoms with Gasteiger partial charge in [0.2, 0.25) is 11.8 Å². The molecular weight excluding hydrogens is 464 g/mol. The van der Waals surface area contributed by atoms with Crippen molar-refractivity contribution in [1.29, 1.82) is 0 Å². The van der Waals surface area contributed by atoms with Gasteiger partial charge in [0.15, 0.2) is 0 Å². The summed E-state index contributed by atoms with van der Waals surface area (Å²) in [4.78, 5) is 32.9. The average molecular weight is 501 g/mol. The Hall–Kier alpha value is -2.49. The number of benzene rings is 1. The minimum Gasteiger partial charge on any atom is -0.490 e. The number of piperidine rings is 1. The van der Waals surface area contributed by atoms with Gasteiger partial charge in [-0.05, 0) is 43.5 Å². The van der Waals surface area contributed by atoms with Crippen LogP contribution in [0, 0.1) is 11.8 Å². The van der Waals surface area contributed by atoms with E-state index in [1.165, 1.54) is 0 Å². The minimum atomic E-state index is -0.688. The average Bonchev–Trinajstić information content (AvgIpc) is 3.53. The fourth-order valence-corrected chi connectivity index (χ4v) is 5.19. The van der Waals surface area contributed by atoms with E-state index < -0.39 is 12.1 Å². The predicted molar refractivity (Wildman–Crippen MR) is 136 cm³/mol. The van der Waals surface area contributed by atoms with E-state index in [9.17, 15) is 14.7 Å². The third kappa shape index (κ3) is 6.20. The third-order valence-electron chi connectivity index (χ3n) is 7.07. The first kappa shape index (κ1) is 25.6. The summed E-state index contributed by atoms with van der Waals surface area (Å²) in [5, 5.41) is 16.6. The van der Waals surface area contributed by atoms with Gasteiger partial charge in [-0.3, -0.25) is 14.6 Å². The van der Waals surface area contributed by atoms with Crippen LogP contribution in [0.15, 0.2) is 29.9 Å². The number of β-amino-alcohol motifs (C(OH)–C–C–N with tert-alkyl or cyclic N) is 1. The Morgan fingerprint density at radius 2 is 2.06 bits per heavy atom. The number of carbonyl (C=O) groups is 2. The van der Waals surface area contributed by atoms with E-state index in [0.717, 1.165) is 47.7 Å². The zero-order valence-corrected chi connectivity index (χ0v) is 21.5. The molecule has 0 bridgehead atoms. The van der Waals surface area contributed by atoms with Crippen molar-refractivity contribution in [2.45, 2.75) is 64.8 Å². The molecule has 35 heavy (non-hydrogen) atoms. The molecule has 4 rings (SSSR count). The number of nitrogens with zero attached hydrogens (tertiary/aromatic N) is 2. The SMILES string of the molecule is CC(C)C(C)C(=O)N1CC(O)CC1C(=O)NCc1ccc(-c2cncs2)cc1OC1CCNCC1. The van der Waals surface area contributed by atoms with Gasteiger partial charge in [0.05, 0.1) is 16.5 Å². The van der Waals surface area contributed by atoms with Crippen LogP contribution < -0.4 is 15.4 Å². The van der Waals surface area contributed by atoms with Gasteiger partial charge in [-0.1, -0.05) is 32.9 Å². The molecule has 3 N–H and O–H groups in total. The zero-order valence-electron chi connectivity index (χ0n) is 20.7. The number of rotatable bonds is 8. The van der Waals surface area contributed by atoms with Crippen molar-refractivity contribution >= 4 is 23.2 Å². The van der Waals surface area contributed by atoms with Crippen LogP contribution >= 0.6 is 11.3 Å². The Bertz CT molecular complexity index is 1010. The molecule has 1 aromatic heterocycles. The van der Waals surface area contributed by atoms with Crippen LogP contribution in [0.25, 0.3) is 10.4 Å². The molecule has 190 valence electrons. The summed E-state index contributed by atoms with van der Waals surface area (Å²) < 4.78 is 6.41. The lowest BCUT2D eigenvalue weighted by atomic mass is 9.96. The van der Waals surface area contributed by atoms with E-state index >= 15 is 0 Å². The largest absolute Gasteiger partial charge is 0.490 e. The van der Waals surface area contributed by atoms with Crippen LogP contribution in [0.2, 0.25) is 0 Å². The molecule has 0 spiro atoms. The Kier molecular flexibility index (Phi) is 8.41. The second-order valence-electron chi connectivity index (χ2n) is 9.90. The van der Waals surface area contributed by atoms with Crippen molar-refractivity contribution < 1.29 is 19.4 Å². The number of aliphatic hydroxyl groups excluding tert-OH is 1. The molecule has 0 radical (unpaired) electrons. The standard InChI is InChI=1S/C26H36N4O4S/c1-16(2)17(3)26(33)30-14-20(31)11-22(30)25(32)29-12-19-5-4-18(24-13-28-15-35-24)10-23(19)34-21-6-8-27-9-7-21/h4-5,10,13,15-17,20-22,27,31H,6-9,11-12,14H2,1-3H3,(H,29,32). The van der Waals surface area contributed by atoms with Gasteiger partial charge in [0.1, 0.15) is 17.9 Å². The number of hydrogen-bond acceptors (Lipinski definition) is 7. The zero-order chi connectivity index (χ0) is 24.9. The van der Waals surface area contributed by atoms with Crippen molar-refractivity contribution in [2.75, 3.05) is 19.6 Å². The second-order valence-corrected chi connectivity index (χ2v) is 10.8. The van der Waals surface area contributed by atoms with Crippen LogP contribution in [0.1, 0.15) is 45.6 Å². The van der Waals surface area contributed by atoms with E-state index in [1.807, 2.05) is 45.2 Å². The van der Waals surface area contributed by atoms with E-state index in [1.54, 1.807) is 21.7 Å². The van der Waals surface area contributed by atoms with Crippen molar-refractivity contribution in [3.63, 3.8) is 0 Å². The quantitative estimate of drug-likeness (QED) is 0.515. The molecule has 3 heterocycles. The number of likely N-dealkylation sites (tertiary alicyclic amines) is 1. The van der Waals surface area contributed by atoms with Crippen molar-refractivity contribution in [3.05, 3.63) is 35.5 Å². The smallest absolute Gasteiger partial charge is 0.243 e. The molecular formula is C26H36N4O4S. The van der Waals surface area contributed by atoms with Crippen LogP contribution in [0.5, 0.6) is 5.75 Å². The summed E-state index contributed by atoms with van der Waals surface area (Å²) in [5.41, 5.74) is 3.72. The summed E-state index contributed by atoms with van der Waals surface area (Å²) in [6.45, 7) is 8.19. The topological polar surface area (TPSA) is 104 Å². The normalized spacial score (nSPS) is 21.8. The molecule has 3 unspecified atom stereocenters. The van der Waals surface area contributed by atoms with Gasteiger partial charge in [0, 0.05) is 37.2 Å². The number of carbonyl (C=O) groups excluding carboxylic acids is 2. The van der Waals surface area contributed by atoms with Gasteiger partial charge in [-0.2, -0.15) is 0 Å². The highest BCUT2D eigenvalue weighted by molar-refractivity contribution is 7.13. The molecule has 2 fully saturated rings. The summed E-state index contributed by atoms with van der Waals surface area (Å²) in [6, 6.07) is 5.36. The monoisotopic (exact) mass is 500 g/mol. The van der Waals surface area contributed by atoms with Crippen molar-refractivity contribution in [3.8, 4) is 16.2 Å². The maximum atomic E-state index is 13.2. The Morgan fingerprint density at radius 3 is 2.74 bits per heavy atom. The van der Waals surface area contributed by atoms with Crippen LogP contribution in [0.4, 0.5) is 0 Å². The number of thiazole rings is 1. The second kappa shape index (κ2) is 11.5. The molecule has 2 aliphatic rings. The van der Waals surface area contributed by atoms with E-state index in [0.29, 0.717) is 0 Å². The molecule has 2 amide bonds. The third-order valence-corrected chi connectivity index (χ3v) is 7.89. The predicted octanol–water partition coefficient (Wildman–Crippen LogP) is 2.81. The van der Waals surface area contributed by atoms with Crippen LogP contribution in [0.3, 0.4) is 0 Å². The summed E-state index contributed by atoms with van der Waals surface area (Å²) >= 11 is 1.57. The summed E-state index contributed by atoms with van der Waals surface area (Å²) in [5.74, 6) is 0.386. The van der Waals surface area contributed by atoms with Gasteiger partial charge < -0.3 is 25.4 Å². The Labute approximate surface area is 211 Å². The molecule has 1 aromatic carbocycles. The molecule has 0 saturated carbocycles. The molecule has 2 aromatic rings. The van der Waals surface area contributed by atoms with Crippen molar-refractivity contribution in [2.24, 2.45) is 11.8 Å². The van der Waals surface area contributed by atoms with Crippen LogP contribution in [-0.2, 0) is 16.1 Å². The fourth-order valence-electron chi connectivity index (χ4n) is 4.57. The maximum Gasteiger partial charge on any atom is 0.243 e. The lowest BCUT2D eigenvalue weighted by molar-refractivity contribution is -0.142. The van der Waals surface area contributed by atoms with E-state index in [4.69, 9.17) is 4.74 Å². The van der Waals surface area contributed by atoms with Gasteiger partial charge in [-0.25, -0.2) is 0 Å². The number of hydrogen-bond donors (Lipinski definition) is 3. The molecule has 8 nitrogen and oxygen atoms in total. The lowest BCUT2D eigenvalue weighted by Crippen LogP contribution is -2.48. The van der Waals surface area contributed by atoms with Gasteiger partial charge >= 0.3 is 0 Å².